The fourth-order valence-electron chi connectivity index (χ4n) is 1.69. The Balaban J connectivity index is 2.04. The molecule has 0 aliphatic carbocycles. The van der Waals surface area contributed by atoms with Crippen molar-refractivity contribution >= 4 is 44.0 Å². The molecule has 19 heavy (non-hydrogen) atoms. The van der Waals surface area contributed by atoms with E-state index in [-0.39, 0.29) is 5.69 Å². The quantitative estimate of drug-likeness (QED) is 0.722. The van der Waals surface area contributed by atoms with Crippen molar-refractivity contribution in [1.82, 2.24) is 4.98 Å². The molecule has 0 fully saturated rings. The summed E-state index contributed by atoms with van der Waals surface area (Å²) in [6.45, 7) is 0. The zero-order valence-corrected chi connectivity index (χ0v) is 11.0. The molecule has 3 aromatic rings. The lowest BCUT2D eigenvalue weighted by molar-refractivity contribution is 0.591. The molecule has 0 aliphatic heterocycles. The minimum atomic E-state index is -0.662. The van der Waals surface area contributed by atoms with Crippen LogP contribution in [0.4, 0.5) is 19.6 Å². The third kappa shape index (κ3) is 2.27. The van der Waals surface area contributed by atoms with Crippen LogP contribution in [0, 0.1) is 11.6 Å². The van der Waals surface area contributed by atoms with Gasteiger partial charge in [0, 0.05) is 0 Å². The van der Waals surface area contributed by atoms with Gasteiger partial charge in [-0.05, 0) is 24.3 Å². The lowest BCUT2D eigenvalue weighted by Crippen LogP contribution is -1.96. The van der Waals surface area contributed by atoms with E-state index in [9.17, 15) is 8.78 Å². The number of nitrogens with zero attached hydrogens (tertiary/aromatic N) is 1. The van der Waals surface area contributed by atoms with Crippen LogP contribution < -0.4 is 5.32 Å². The molecule has 0 amide bonds. The molecular weight excluding hydrogens is 290 g/mol. The topological polar surface area (TPSA) is 24.9 Å². The van der Waals surface area contributed by atoms with Gasteiger partial charge in [0.2, 0.25) is 0 Å². The standard InChI is InChI=1S/C13H7ClF2N2S/c14-7-3-1-6-10-12(7)19-13(17-10)18-11-8(15)4-2-5-9(11)16/h1-6H,(H,17,18). The average molecular weight is 297 g/mol. The second-order valence-electron chi connectivity index (χ2n) is 3.83. The number of hydrogen-bond donors (Lipinski definition) is 1. The number of hydrogen-bond acceptors (Lipinski definition) is 3. The molecule has 0 spiro atoms. The van der Waals surface area contributed by atoms with E-state index in [1.54, 1.807) is 18.2 Å². The highest BCUT2D eigenvalue weighted by Gasteiger charge is 2.12. The molecule has 0 bridgehead atoms. The number of thiazole rings is 1. The predicted molar refractivity (Wildman–Crippen MR) is 74.3 cm³/mol. The Bertz CT molecular complexity index is 737. The molecule has 0 saturated carbocycles. The van der Waals surface area contributed by atoms with Gasteiger partial charge in [0.25, 0.3) is 0 Å². The first-order chi connectivity index (χ1) is 9.15. The molecule has 0 atom stereocenters. The van der Waals surface area contributed by atoms with E-state index >= 15 is 0 Å². The number of rotatable bonds is 2. The van der Waals surface area contributed by atoms with Gasteiger partial charge in [-0.2, -0.15) is 0 Å². The molecular formula is C13H7ClF2N2S. The normalized spacial score (nSPS) is 10.9. The minimum Gasteiger partial charge on any atom is -0.327 e. The summed E-state index contributed by atoms with van der Waals surface area (Å²) in [7, 11) is 0. The Hall–Kier alpha value is -1.72. The van der Waals surface area contributed by atoms with Crippen molar-refractivity contribution in [3.05, 3.63) is 53.1 Å². The van der Waals surface area contributed by atoms with Gasteiger partial charge < -0.3 is 5.32 Å². The molecule has 3 rings (SSSR count). The maximum Gasteiger partial charge on any atom is 0.188 e. The summed E-state index contributed by atoms with van der Waals surface area (Å²) in [4.78, 5) is 4.24. The smallest absolute Gasteiger partial charge is 0.188 e. The fraction of sp³-hybridized carbons (Fsp3) is 0. The SMILES string of the molecule is Fc1cccc(F)c1Nc1nc2cccc(Cl)c2s1. The van der Waals surface area contributed by atoms with Gasteiger partial charge in [-0.3, -0.25) is 0 Å². The van der Waals surface area contributed by atoms with Crippen LogP contribution in [0.3, 0.4) is 0 Å². The average Bonchev–Trinajstić information content (AvgIpc) is 2.78. The Morgan fingerprint density at radius 3 is 2.42 bits per heavy atom. The van der Waals surface area contributed by atoms with Crippen molar-refractivity contribution in [2.24, 2.45) is 0 Å². The molecule has 1 aromatic heterocycles. The fourth-order valence-corrected chi connectivity index (χ4v) is 2.85. The molecule has 0 unspecified atom stereocenters. The Morgan fingerprint density at radius 1 is 1.05 bits per heavy atom. The highest BCUT2D eigenvalue weighted by atomic mass is 35.5. The van der Waals surface area contributed by atoms with E-state index in [4.69, 9.17) is 11.6 Å². The van der Waals surface area contributed by atoms with E-state index in [1.807, 2.05) is 0 Å². The van der Waals surface area contributed by atoms with Crippen LogP contribution in [0.15, 0.2) is 36.4 Å². The van der Waals surface area contributed by atoms with Crippen molar-refractivity contribution < 1.29 is 8.78 Å². The molecule has 2 nitrogen and oxygen atoms in total. The van der Waals surface area contributed by atoms with Crippen LogP contribution >= 0.6 is 22.9 Å². The highest BCUT2D eigenvalue weighted by molar-refractivity contribution is 7.22. The molecule has 0 aliphatic rings. The second-order valence-corrected chi connectivity index (χ2v) is 5.24. The lowest BCUT2D eigenvalue weighted by Gasteiger charge is -2.04. The number of anilines is 2. The summed E-state index contributed by atoms with van der Waals surface area (Å²) in [5.41, 5.74) is 0.481. The summed E-state index contributed by atoms with van der Waals surface area (Å²) in [5.74, 6) is -1.32. The van der Waals surface area contributed by atoms with E-state index in [0.29, 0.717) is 15.7 Å². The number of aromatic nitrogens is 1. The summed E-state index contributed by atoms with van der Waals surface area (Å²) >= 11 is 7.28. The first-order valence-corrected chi connectivity index (χ1v) is 6.60. The van der Waals surface area contributed by atoms with Gasteiger partial charge in [0.15, 0.2) is 5.13 Å². The Morgan fingerprint density at radius 2 is 1.74 bits per heavy atom. The third-order valence-corrected chi connectivity index (χ3v) is 4.01. The van der Waals surface area contributed by atoms with Gasteiger partial charge in [-0.25, -0.2) is 13.8 Å². The van der Waals surface area contributed by atoms with Crippen LogP contribution in [-0.4, -0.2) is 4.98 Å². The van der Waals surface area contributed by atoms with Crippen LogP contribution in [0.5, 0.6) is 0 Å². The lowest BCUT2D eigenvalue weighted by atomic mass is 10.3. The summed E-state index contributed by atoms with van der Waals surface area (Å²) in [6, 6.07) is 9.00. The summed E-state index contributed by atoms with van der Waals surface area (Å²) in [6.07, 6.45) is 0. The molecule has 96 valence electrons. The number of halogens is 3. The van der Waals surface area contributed by atoms with Crippen molar-refractivity contribution in [2.75, 3.05) is 5.32 Å². The van der Waals surface area contributed by atoms with Crippen LogP contribution in [0.25, 0.3) is 10.2 Å². The zero-order valence-electron chi connectivity index (χ0n) is 9.45. The van der Waals surface area contributed by atoms with E-state index in [1.165, 1.54) is 29.5 Å². The van der Waals surface area contributed by atoms with Crippen LogP contribution in [0.1, 0.15) is 0 Å². The van der Waals surface area contributed by atoms with Gasteiger partial charge in [-0.15, -0.1) is 0 Å². The van der Waals surface area contributed by atoms with Gasteiger partial charge in [-0.1, -0.05) is 35.1 Å². The van der Waals surface area contributed by atoms with Crippen molar-refractivity contribution in [1.29, 1.82) is 0 Å². The molecule has 0 saturated heterocycles. The maximum atomic E-state index is 13.5. The zero-order chi connectivity index (χ0) is 13.4. The summed E-state index contributed by atoms with van der Waals surface area (Å²) < 4.78 is 27.8. The van der Waals surface area contributed by atoms with E-state index in [2.05, 4.69) is 10.3 Å². The largest absolute Gasteiger partial charge is 0.327 e. The molecule has 6 heteroatoms. The second kappa shape index (κ2) is 4.75. The van der Waals surface area contributed by atoms with Crippen molar-refractivity contribution in [3.8, 4) is 0 Å². The predicted octanol–water partition coefficient (Wildman–Crippen LogP) is 4.97. The minimum absolute atomic E-state index is 0.210. The number of para-hydroxylation sites is 1. The number of benzene rings is 2. The Labute approximate surface area is 116 Å². The van der Waals surface area contributed by atoms with Gasteiger partial charge >= 0.3 is 0 Å². The summed E-state index contributed by atoms with van der Waals surface area (Å²) in [5, 5.41) is 3.62. The van der Waals surface area contributed by atoms with Crippen LogP contribution in [0.2, 0.25) is 5.02 Å². The van der Waals surface area contributed by atoms with Gasteiger partial charge in [0.05, 0.1) is 15.2 Å². The monoisotopic (exact) mass is 296 g/mol. The highest BCUT2D eigenvalue weighted by Crippen LogP contribution is 2.34. The van der Waals surface area contributed by atoms with Crippen LogP contribution in [-0.2, 0) is 0 Å². The first-order valence-electron chi connectivity index (χ1n) is 5.41. The molecule has 0 radical (unpaired) electrons. The third-order valence-electron chi connectivity index (χ3n) is 2.56. The molecule has 1 N–H and O–H groups in total. The number of fused-ring (bicyclic) bond motifs is 1. The first kappa shape index (κ1) is 12.3. The van der Waals surface area contributed by atoms with Crippen molar-refractivity contribution in [2.45, 2.75) is 0 Å². The Kier molecular flexibility index (Phi) is 3.08. The van der Waals surface area contributed by atoms with E-state index in [0.717, 1.165) is 4.70 Å². The molecule has 2 aromatic carbocycles. The van der Waals surface area contributed by atoms with Gasteiger partial charge in [0.1, 0.15) is 17.3 Å². The molecule has 1 heterocycles. The van der Waals surface area contributed by atoms with E-state index < -0.39 is 11.6 Å². The number of nitrogens with one attached hydrogen (secondary N) is 1. The maximum absolute atomic E-state index is 13.5. The van der Waals surface area contributed by atoms with Crippen molar-refractivity contribution in [3.63, 3.8) is 0 Å².